The molecule has 2 heterocycles. The van der Waals surface area contributed by atoms with Crippen molar-refractivity contribution in [2.75, 3.05) is 5.88 Å². The van der Waals surface area contributed by atoms with Crippen molar-refractivity contribution in [2.45, 2.75) is 12.5 Å². The molecule has 2 aromatic heterocycles. The molecule has 0 saturated carbocycles. The first-order valence-electron chi connectivity index (χ1n) is 5.88. The van der Waals surface area contributed by atoms with Crippen molar-refractivity contribution in [1.82, 2.24) is 0 Å². The van der Waals surface area contributed by atoms with E-state index in [-0.39, 0.29) is 22.0 Å². The van der Waals surface area contributed by atoms with Crippen molar-refractivity contribution in [3.63, 3.8) is 0 Å². The van der Waals surface area contributed by atoms with Gasteiger partial charge >= 0.3 is 5.63 Å². The Kier molecular flexibility index (Phi) is 3.05. The molecule has 0 saturated heterocycles. The van der Waals surface area contributed by atoms with E-state index in [1.54, 1.807) is 24.3 Å². The minimum Gasteiger partial charge on any atom is -0.455 e. The number of fused-ring (bicyclic) bond motifs is 3. The monoisotopic (exact) mass is 312 g/mol. The molecule has 1 unspecified atom stereocenters. The van der Waals surface area contributed by atoms with Crippen molar-refractivity contribution in [3.05, 3.63) is 45.5 Å². The molecule has 0 bridgehead atoms. The first-order valence-corrected chi connectivity index (χ1v) is 6.79. The van der Waals surface area contributed by atoms with Crippen LogP contribution in [0.25, 0.3) is 21.9 Å². The largest absolute Gasteiger partial charge is 0.455 e. The van der Waals surface area contributed by atoms with Crippen LogP contribution >= 0.6 is 23.2 Å². The van der Waals surface area contributed by atoms with Crippen molar-refractivity contribution in [3.8, 4) is 0 Å². The zero-order valence-electron chi connectivity index (χ0n) is 10.4. The maximum absolute atomic E-state index is 12.0. The molecule has 3 aromatic rings. The van der Waals surface area contributed by atoms with Gasteiger partial charge in [0.1, 0.15) is 21.6 Å². The summed E-state index contributed by atoms with van der Waals surface area (Å²) in [6.07, 6.45) is 0. The highest BCUT2D eigenvalue weighted by molar-refractivity contribution is 6.37. The van der Waals surface area contributed by atoms with E-state index in [0.717, 1.165) is 0 Å². The Morgan fingerprint density at radius 1 is 1.30 bits per heavy atom. The van der Waals surface area contributed by atoms with Gasteiger partial charge in [0.15, 0.2) is 11.3 Å². The quantitative estimate of drug-likeness (QED) is 0.579. The second-order valence-corrected chi connectivity index (χ2v) is 5.39. The summed E-state index contributed by atoms with van der Waals surface area (Å²) in [6.45, 7) is 1.47. The minimum absolute atomic E-state index is 0.0325. The van der Waals surface area contributed by atoms with Crippen LogP contribution in [0.1, 0.15) is 12.7 Å². The van der Waals surface area contributed by atoms with Gasteiger partial charge in [-0.25, -0.2) is 4.79 Å². The third-order valence-corrected chi connectivity index (χ3v) is 4.02. The number of rotatable bonds is 2. The molecule has 104 valence electrons. The number of halogens is 2. The van der Waals surface area contributed by atoms with Gasteiger partial charge in [0.05, 0.1) is 11.3 Å². The lowest BCUT2D eigenvalue weighted by atomic mass is 10.1. The zero-order valence-corrected chi connectivity index (χ0v) is 12.0. The second kappa shape index (κ2) is 4.52. The Hall–Kier alpha value is -1.49. The molecule has 20 heavy (non-hydrogen) atoms. The molecule has 4 nitrogen and oxygen atoms in total. The highest BCUT2D eigenvalue weighted by Crippen LogP contribution is 2.38. The predicted octanol–water partition coefficient (Wildman–Crippen LogP) is 3.64. The maximum atomic E-state index is 12.0. The number of alkyl halides is 1. The molecule has 0 aliphatic rings. The summed E-state index contributed by atoms with van der Waals surface area (Å²) >= 11 is 11.9. The van der Waals surface area contributed by atoms with Crippen LogP contribution in [-0.2, 0) is 5.60 Å². The number of furan rings is 1. The maximum Gasteiger partial charge on any atom is 0.349 e. The Balaban J connectivity index is 2.50. The fraction of sp³-hybridized carbons (Fsp3) is 0.214. The van der Waals surface area contributed by atoms with Crippen LogP contribution in [0.2, 0.25) is 5.02 Å². The Bertz CT molecular complexity index is 861. The number of benzene rings is 1. The van der Waals surface area contributed by atoms with Crippen LogP contribution < -0.4 is 5.63 Å². The third kappa shape index (κ3) is 1.84. The molecule has 0 amide bonds. The zero-order chi connectivity index (χ0) is 14.5. The molecule has 0 aliphatic carbocycles. The van der Waals surface area contributed by atoms with Crippen LogP contribution in [0.5, 0.6) is 0 Å². The number of hydrogen-bond donors (Lipinski definition) is 1. The second-order valence-electron chi connectivity index (χ2n) is 4.74. The van der Waals surface area contributed by atoms with E-state index in [4.69, 9.17) is 32.0 Å². The highest BCUT2D eigenvalue weighted by atomic mass is 35.5. The molecule has 3 rings (SSSR count). The predicted molar refractivity (Wildman–Crippen MR) is 77.6 cm³/mol. The summed E-state index contributed by atoms with van der Waals surface area (Å²) in [5, 5.41) is 11.0. The highest BCUT2D eigenvalue weighted by Gasteiger charge is 2.32. The number of para-hydroxylation sites is 1. The van der Waals surface area contributed by atoms with Gasteiger partial charge in [-0.1, -0.05) is 23.7 Å². The lowest BCUT2D eigenvalue weighted by Gasteiger charge is -2.16. The van der Waals surface area contributed by atoms with Crippen LogP contribution in [0.3, 0.4) is 0 Å². The molecule has 0 aliphatic heterocycles. The lowest BCUT2D eigenvalue weighted by Crippen LogP contribution is -2.22. The van der Waals surface area contributed by atoms with Gasteiger partial charge in [0, 0.05) is 0 Å². The minimum atomic E-state index is -1.47. The average Bonchev–Trinajstić information content (AvgIpc) is 2.78. The summed E-state index contributed by atoms with van der Waals surface area (Å²) in [5.74, 6) is -0.0525. The summed E-state index contributed by atoms with van der Waals surface area (Å²) in [7, 11) is 0. The van der Waals surface area contributed by atoms with Crippen molar-refractivity contribution in [2.24, 2.45) is 0 Å². The smallest absolute Gasteiger partial charge is 0.349 e. The standard InChI is InChI=1S/C14H10Cl2O4/c1-14(18,6-15)12-10(16)9-11(20-12)7-4-2-3-5-8(7)19-13(9)17/h2-5,18H,6H2,1H3. The van der Waals surface area contributed by atoms with Crippen molar-refractivity contribution in [1.29, 1.82) is 0 Å². The van der Waals surface area contributed by atoms with E-state index in [0.29, 0.717) is 16.6 Å². The Morgan fingerprint density at radius 2 is 2.00 bits per heavy atom. The lowest BCUT2D eigenvalue weighted by molar-refractivity contribution is 0.0598. The number of hydrogen-bond acceptors (Lipinski definition) is 4. The van der Waals surface area contributed by atoms with Gasteiger partial charge in [-0.2, -0.15) is 0 Å². The third-order valence-electron chi connectivity index (χ3n) is 3.14. The first-order chi connectivity index (χ1) is 9.45. The molecule has 1 aromatic carbocycles. The summed E-state index contributed by atoms with van der Waals surface area (Å²) < 4.78 is 10.8. The average molecular weight is 313 g/mol. The Morgan fingerprint density at radius 3 is 2.70 bits per heavy atom. The fourth-order valence-electron chi connectivity index (χ4n) is 2.08. The molecule has 0 spiro atoms. The van der Waals surface area contributed by atoms with Gasteiger partial charge in [-0.05, 0) is 19.1 Å². The molecule has 0 radical (unpaired) electrons. The molecule has 6 heteroatoms. The molecule has 1 N–H and O–H groups in total. The SMILES string of the molecule is CC(O)(CCl)c1oc2c(c1Cl)c(=O)oc1ccccc12. The fourth-order valence-corrected chi connectivity index (χ4v) is 2.61. The van der Waals surface area contributed by atoms with Crippen LogP contribution in [-0.4, -0.2) is 11.0 Å². The molecular weight excluding hydrogens is 303 g/mol. The van der Waals surface area contributed by atoms with Crippen molar-refractivity contribution >= 4 is 45.1 Å². The van der Waals surface area contributed by atoms with Crippen molar-refractivity contribution < 1.29 is 13.9 Å². The van der Waals surface area contributed by atoms with E-state index in [1.165, 1.54) is 6.92 Å². The summed E-state index contributed by atoms with van der Waals surface area (Å²) in [6, 6.07) is 6.95. The van der Waals surface area contributed by atoms with Crippen LogP contribution in [0.15, 0.2) is 37.9 Å². The van der Waals surface area contributed by atoms with E-state index in [2.05, 4.69) is 0 Å². The summed E-state index contributed by atoms with van der Waals surface area (Å²) in [4.78, 5) is 12.0. The summed E-state index contributed by atoms with van der Waals surface area (Å²) in [5.41, 5.74) is -1.38. The van der Waals surface area contributed by atoms with E-state index < -0.39 is 11.2 Å². The van der Waals surface area contributed by atoms with E-state index >= 15 is 0 Å². The first kappa shape index (κ1) is 13.5. The normalized spacial score (nSPS) is 14.8. The molecular formula is C14H10Cl2O4. The van der Waals surface area contributed by atoms with Gasteiger partial charge < -0.3 is 13.9 Å². The van der Waals surface area contributed by atoms with E-state index in [1.807, 2.05) is 0 Å². The van der Waals surface area contributed by atoms with Crippen LogP contribution in [0, 0.1) is 0 Å². The van der Waals surface area contributed by atoms with Gasteiger partial charge in [0.25, 0.3) is 0 Å². The van der Waals surface area contributed by atoms with Crippen LogP contribution in [0.4, 0.5) is 0 Å². The van der Waals surface area contributed by atoms with Gasteiger partial charge in [-0.15, -0.1) is 11.6 Å². The Labute approximate surface area is 123 Å². The topological polar surface area (TPSA) is 63.6 Å². The molecule has 1 atom stereocenters. The molecule has 0 fully saturated rings. The van der Waals surface area contributed by atoms with E-state index in [9.17, 15) is 9.90 Å². The number of aliphatic hydroxyl groups is 1. The van der Waals surface area contributed by atoms with Gasteiger partial charge in [0.2, 0.25) is 0 Å². The van der Waals surface area contributed by atoms with Gasteiger partial charge in [-0.3, -0.25) is 0 Å².